The van der Waals surface area contributed by atoms with Crippen LogP contribution in [0.15, 0.2) is 53.4 Å². The van der Waals surface area contributed by atoms with Crippen molar-refractivity contribution < 1.29 is 4.79 Å². The fraction of sp³-hybridized carbons (Fsp3) is 0.0714. The molecule has 86 valence electrons. The zero-order chi connectivity index (χ0) is 12.3. The number of carbonyl (C=O) groups excluding carboxylic acids is 1. The maximum Gasteiger partial charge on any atom is 0.194 e. The number of nitrogen functional groups attached to an aromatic ring is 1. The van der Waals surface area contributed by atoms with Crippen LogP contribution in [0, 0.1) is 0 Å². The van der Waals surface area contributed by atoms with E-state index in [9.17, 15) is 4.79 Å². The fourth-order valence-electron chi connectivity index (χ4n) is 1.62. The van der Waals surface area contributed by atoms with Crippen LogP contribution in [0.2, 0.25) is 0 Å². The molecule has 0 unspecified atom stereocenters. The summed E-state index contributed by atoms with van der Waals surface area (Å²) in [5.41, 5.74) is 7.68. The molecule has 0 fully saturated rings. The van der Waals surface area contributed by atoms with Crippen LogP contribution >= 0.6 is 11.8 Å². The van der Waals surface area contributed by atoms with Crippen LogP contribution in [0.4, 0.5) is 5.69 Å². The standard InChI is InChI=1S/C14H13NOS/c1-17-13-5-3-2-4-12(13)14(16)10-6-8-11(15)9-7-10/h2-9H,15H2,1H3. The van der Waals surface area contributed by atoms with Crippen molar-refractivity contribution in [3.63, 3.8) is 0 Å². The first kappa shape index (κ1) is 11.7. The number of carbonyl (C=O) groups is 1. The molecule has 2 N–H and O–H groups in total. The fourth-order valence-corrected chi connectivity index (χ4v) is 2.22. The second-order valence-corrected chi connectivity index (χ2v) is 4.50. The zero-order valence-electron chi connectivity index (χ0n) is 9.51. The Hall–Kier alpha value is -1.74. The first-order valence-corrected chi connectivity index (χ1v) is 6.48. The lowest BCUT2D eigenvalue weighted by Gasteiger charge is -2.06. The quantitative estimate of drug-likeness (QED) is 0.511. The van der Waals surface area contributed by atoms with Gasteiger partial charge in [0.15, 0.2) is 5.78 Å². The van der Waals surface area contributed by atoms with E-state index in [0.29, 0.717) is 11.3 Å². The average molecular weight is 243 g/mol. The van der Waals surface area contributed by atoms with Gasteiger partial charge in [0, 0.05) is 21.7 Å². The van der Waals surface area contributed by atoms with Gasteiger partial charge in [0.05, 0.1) is 0 Å². The van der Waals surface area contributed by atoms with Gasteiger partial charge in [-0.1, -0.05) is 12.1 Å². The van der Waals surface area contributed by atoms with Crippen molar-refractivity contribution >= 4 is 23.2 Å². The Balaban J connectivity index is 2.40. The van der Waals surface area contributed by atoms with Gasteiger partial charge in [-0.15, -0.1) is 11.8 Å². The number of hydrogen-bond donors (Lipinski definition) is 1. The molecule has 0 saturated heterocycles. The third-order valence-electron chi connectivity index (χ3n) is 2.52. The number of anilines is 1. The molecule has 0 aromatic heterocycles. The lowest BCUT2D eigenvalue weighted by atomic mass is 10.0. The highest BCUT2D eigenvalue weighted by Gasteiger charge is 2.12. The van der Waals surface area contributed by atoms with E-state index in [1.54, 1.807) is 36.0 Å². The normalized spacial score (nSPS) is 10.2. The summed E-state index contributed by atoms with van der Waals surface area (Å²) in [4.78, 5) is 13.3. The second kappa shape index (κ2) is 5.06. The number of hydrogen-bond acceptors (Lipinski definition) is 3. The summed E-state index contributed by atoms with van der Waals surface area (Å²) in [5.74, 6) is 0.0370. The van der Waals surface area contributed by atoms with E-state index in [1.165, 1.54) is 0 Å². The Morgan fingerprint density at radius 3 is 2.35 bits per heavy atom. The lowest BCUT2D eigenvalue weighted by molar-refractivity contribution is 0.103. The molecule has 0 spiro atoms. The maximum atomic E-state index is 12.3. The first-order valence-electron chi connectivity index (χ1n) is 5.25. The molecule has 0 aliphatic heterocycles. The van der Waals surface area contributed by atoms with Crippen LogP contribution in [-0.4, -0.2) is 12.0 Å². The molecular weight excluding hydrogens is 230 g/mol. The number of rotatable bonds is 3. The molecule has 0 radical (unpaired) electrons. The summed E-state index contributed by atoms with van der Waals surface area (Å²) in [6.45, 7) is 0. The van der Waals surface area contributed by atoms with Crippen molar-refractivity contribution in [1.82, 2.24) is 0 Å². The molecule has 0 aliphatic carbocycles. The lowest BCUT2D eigenvalue weighted by Crippen LogP contribution is -2.03. The molecule has 2 rings (SSSR count). The monoisotopic (exact) mass is 243 g/mol. The van der Waals surface area contributed by atoms with E-state index >= 15 is 0 Å². The van der Waals surface area contributed by atoms with Gasteiger partial charge in [-0.05, 0) is 42.7 Å². The Kier molecular flexibility index (Phi) is 3.49. The molecule has 0 amide bonds. The molecule has 0 aliphatic rings. The SMILES string of the molecule is CSc1ccccc1C(=O)c1ccc(N)cc1. The van der Waals surface area contributed by atoms with Crippen LogP contribution in [0.25, 0.3) is 0 Å². The predicted molar refractivity (Wildman–Crippen MR) is 72.5 cm³/mol. The Morgan fingerprint density at radius 2 is 1.71 bits per heavy atom. The maximum absolute atomic E-state index is 12.3. The van der Waals surface area contributed by atoms with Crippen molar-refractivity contribution in [2.75, 3.05) is 12.0 Å². The van der Waals surface area contributed by atoms with Crippen LogP contribution < -0.4 is 5.73 Å². The molecule has 2 aromatic carbocycles. The number of benzene rings is 2. The predicted octanol–water partition coefficient (Wildman–Crippen LogP) is 3.22. The van der Waals surface area contributed by atoms with Crippen molar-refractivity contribution in [2.45, 2.75) is 4.90 Å². The molecule has 2 nitrogen and oxygen atoms in total. The molecule has 3 heteroatoms. The molecule has 0 bridgehead atoms. The van der Waals surface area contributed by atoms with E-state index in [4.69, 9.17) is 5.73 Å². The summed E-state index contributed by atoms with van der Waals surface area (Å²) in [6.07, 6.45) is 1.97. The molecule has 2 aromatic rings. The Morgan fingerprint density at radius 1 is 1.06 bits per heavy atom. The topological polar surface area (TPSA) is 43.1 Å². The minimum Gasteiger partial charge on any atom is -0.399 e. The molecule has 17 heavy (non-hydrogen) atoms. The highest BCUT2D eigenvalue weighted by atomic mass is 32.2. The van der Waals surface area contributed by atoms with Gasteiger partial charge in [-0.25, -0.2) is 0 Å². The number of thioether (sulfide) groups is 1. The Labute approximate surface area is 105 Å². The van der Waals surface area contributed by atoms with Crippen LogP contribution in [0.3, 0.4) is 0 Å². The minimum atomic E-state index is 0.0370. The summed E-state index contributed by atoms with van der Waals surface area (Å²) in [5, 5.41) is 0. The third kappa shape index (κ3) is 2.50. The van der Waals surface area contributed by atoms with Crippen LogP contribution in [0.5, 0.6) is 0 Å². The number of nitrogens with two attached hydrogens (primary N) is 1. The summed E-state index contributed by atoms with van der Waals surface area (Å²) >= 11 is 1.58. The first-order chi connectivity index (χ1) is 8.22. The van der Waals surface area contributed by atoms with E-state index < -0.39 is 0 Å². The third-order valence-corrected chi connectivity index (χ3v) is 3.32. The van der Waals surface area contributed by atoms with Gasteiger partial charge < -0.3 is 5.73 Å². The molecule has 0 atom stereocenters. The minimum absolute atomic E-state index is 0.0370. The van der Waals surface area contributed by atoms with Crippen molar-refractivity contribution in [3.05, 3.63) is 59.7 Å². The summed E-state index contributed by atoms with van der Waals surface area (Å²) in [7, 11) is 0. The zero-order valence-corrected chi connectivity index (χ0v) is 10.3. The van der Waals surface area contributed by atoms with Gasteiger partial charge in [0.25, 0.3) is 0 Å². The van der Waals surface area contributed by atoms with Gasteiger partial charge in [-0.3, -0.25) is 4.79 Å². The summed E-state index contributed by atoms with van der Waals surface area (Å²) < 4.78 is 0. The molecule has 0 saturated carbocycles. The van der Waals surface area contributed by atoms with E-state index in [-0.39, 0.29) is 5.78 Å². The highest BCUT2D eigenvalue weighted by molar-refractivity contribution is 7.98. The molecule has 0 heterocycles. The van der Waals surface area contributed by atoms with Crippen LogP contribution in [-0.2, 0) is 0 Å². The highest BCUT2D eigenvalue weighted by Crippen LogP contribution is 2.22. The smallest absolute Gasteiger partial charge is 0.194 e. The second-order valence-electron chi connectivity index (χ2n) is 3.65. The van der Waals surface area contributed by atoms with E-state index in [2.05, 4.69) is 0 Å². The van der Waals surface area contributed by atoms with Crippen molar-refractivity contribution in [1.29, 1.82) is 0 Å². The molecular formula is C14H13NOS. The van der Waals surface area contributed by atoms with Gasteiger partial charge >= 0.3 is 0 Å². The van der Waals surface area contributed by atoms with Gasteiger partial charge in [0.2, 0.25) is 0 Å². The summed E-state index contributed by atoms with van der Waals surface area (Å²) in [6, 6.07) is 14.6. The van der Waals surface area contributed by atoms with E-state index in [1.807, 2.05) is 30.5 Å². The van der Waals surface area contributed by atoms with Gasteiger partial charge in [0.1, 0.15) is 0 Å². The van der Waals surface area contributed by atoms with Crippen LogP contribution in [0.1, 0.15) is 15.9 Å². The van der Waals surface area contributed by atoms with Crippen molar-refractivity contribution in [2.24, 2.45) is 0 Å². The largest absolute Gasteiger partial charge is 0.399 e. The average Bonchev–Trinajstić information content (AvgIpc) is 2.39. The number of ketones is 1. The van der Waals surface area contributed by atoms with Gasteiger partial charge in [-0.2, -0.15) is 0 Å². The Bertz CT molecular complexity index is 534. The van der Waals surface area contributed by atoms with Crippen molar-refractivity contribution in [3.8, 4) is 0 Å². The van der Waals surface area contributed by atoms with E-state index in [0.717, 1.165) is 10.5 Å².